The molecule has 0 saturated heterocycles. The van der Waals surface area contributed by atoms with Crippen LogP contribution in [0.2, 0.25) is 0 Å². The summed E-state index contributed by atoms with van der Waals surface area (Å²) in [7, 11) is 0. The fraction of sp³-hybridized carbons (Fsp3) is 0.364. The number of nitrogens with zero attached hydrogens (tertiary/aromatic N) is 2. The van der Waals surface area contributed by atoms with E-state index in [2.05, 4.69) is 6.07 Å². The molecule has 0 N–H and O–H groups in total. The summed E-state index contributed by atoms with van der Waals surface area (Å²) in [6.07, 6.45) is 0.513. The normalized spacial score (nSPS) is 22.0. The van der Waals surface area contributed by atoms with E-state index in [9.17, 15) is 10.1 Å². The summed E-state index contributed by atoms with van der Waals surface area (Å²) in [6, 6.07) is 15.6. The summed E-state index contributed by atoms with van der Waals surface area (Å²) in [5, 5.41) is 9.27. The predicted molar refractivity (Wildman–Crippen MR) is 102 cm³/mol. The highest BCUT2D eigenvalue weighted by Gasteiger charge is 2.58. The lowest BCUT2D eigenvalue weighted by Gasteiger charge is -2.43. The second kappa shape index (κ2) is 6.02. The van der Waals surface area contributed by atoms with Crippen molar-refractivity contribution in [3.63, 3.8) is 0 Å². The number of para-hydroxylation sites is 1. The third-order valence-corrected chi connectivity index (χ3v) is 5.29. The average molecular weight is 362 g/mol. The Kier molecular flexibility index (Phi) is 3.88. The van der Waals surface area contributed by atoms with Crippen LogP contribution in [0.3, 0.4) is 0 Å². The molecule has 5 nitrogen and oxygen atoms in total. The van der Waals surface area contributed by atoms with Gasteiger partial charge in [0.25, 0.3) is 0 Å². The van der Waals surface area contributed by atoms with Crippen LogP contribution in [0.25, 0.3) is 0 Å². The average Bonchev–Trinajstić information content (AvgIpc) is 2.85. The van der Waals surface area contributed by atoms with Gasteiger partial charge in [-0.15, -0.1) is 0 Å². The lowest BCUT2D eigenvalue weighted by atomic mass is 9.67. The molecular formula is C22H22N2O3. The van der Waals surface area contributed by atoms with Gasteiger partial charge < -0.3 is 9.47 Å². The summed E-state index contributed by atoms with van der Waals surface area (Å²) in [5.41, 5.74) is 1.19. The van der Waals surface area contributed by atoms with Crippen molar-refractivity contribution in [2.24, 2.45) is 0 Å². The number of rotatable bonds is 3. The maximum atomic E-state index is 13.7. The summed E-state index contributed by atoms with van der Waals surface area (Å²) >= 11 is 0. The summed E-state index contributed by atoms with van der Waals surface area (Å²) < 4.78 is 11.9. The second-order valence-corrected chi connectivity index (χ2v) is 7.60. The minimum atomic E-state index is -0.852. The largest absolute Gasteiger partial charge is 0.494 e. The lowest BCUT2D eigenvalue weighted by molar-refractivity contribution is -0.124. The predicted octanol–water partition coefficient (Wildman–Crippen LogP) is 3.80. The highest BCUT2D eigenvalue weighted by molar-refractivity contribution is 6.11. The van der Waals surface area contributed by atoms with Crippen molar-refractivity contribution in [1.29, 1.82) is 5.26 Å². The number of anilines is 1. The summed E-state index contributed by atoms with van der Waals surface area (Å²) in [6.45, 7) is 6.51. The molecule has 0 aromatic heterocycles. The van der Waals surface area contributed by atoms with Crippen LogP contribution in [0, 0.1) is 11.3 Å². The van der Waals surface area contributed by atoms with Crippen molar-refractivity contribution in [2.75, 3.05) is 18.1 Å². The molecule has 0 saturated carbocycles. The number of ether oxygens (including phenoxy) is 2. The number of hydrogen-bond acceptors (Lipinski definition) is 4. The highest BCUT2D eigenvalue weighted by atomic mass is 16.5. The van der Waals surface area contributed by atoms with E-state index < -0.39 is 11.0 Å². The standard InChI is InChI=1S/C22H22N2O3/c1-4-26-15-9-10-17-19(13-15)27-21(2,3)14-22(17)16-7-5-6-8-18(16)24(12-11-23)20(22)25/h5-10,13H,4,12,14H2,1-3H3. The smallest absolute Gasteiger partial charge is 0.243 e. The van der Waals surface area contributed by atoms with Crippen molar-refractivity contribution >= 4 is 11.6 Å². The number of carbonyl (C=O) groups is 1. The molecule has 2 heterocycles. The van der Waals surface area contributed by atoms with Crippen molar-refractivity contribution in [3.05, 3.63) is 53.6 Å². The number of benzene rings is 2. The fourth-order valence-electron chi connectivity index (χ4n) is 4.45. The molecule has 138 valence electrons. The Hall–Kier alpha value is -3.00. The molecular weight excluding hydrogens is 340 g/mol. The van der Waals surface area contributed by atoms with E-state index in [0.717, 1.165) is 22.6 Å². The molecule has 1 unspecified atom stereocenters. The molecule has 2 aromatic carbocycles. The molecule has 1 amide bonds. The number of hydrogen-bond donors (Lipinski definition) is 0. The van der Waals surface area contributed by atoms with Gasteiger partial charge in [-0.3, -0.25) is 9.69 Å². The number of fused-ring (bicyclic) bond motifs is 4. The zero-order valence-electron chi connectivity index (χ0n) is 15.8. The zero-order chi connectivity index (χ0) is 19.2. The van der Waals surface area contributed by atoms with Gasteiger partial charge in [0.1, 0.15) is 29.1 Å². The number of carbonyl (C=O) groups excluding carboxylic acids is 1. The van der Waals surface area contributed by atoms with E-state index in [0.29, 0.717) is 18.8 Å². The van der Waals surface area contributed by atoms with Crippen molar-refractivity contribution < 1.29 is 14.3 Å². The van der Waals surface area contributed by atoms with Gasteiger partial charge in [-0.2, -0.15) is 5.26 Å². The van der Waals surface area contributed by atoms with Crippen LogP contribution in [-0.2, 0) is 10.2 Å². The first-order chi connectivity index (χ1) is 12.9. The van der Waals surface area contributed by atoms with Crippen molar-refractivity contribution in [2.45, 2.75) is 38.2 Å². The van der Waals surface area contributed by atoms with Gasteiger partial charge >= 0.3 is 0 Å². The van der Waals surface area contributed by atoms with Crippen LogP contribution in [0.1, 0.15) is 38.3 Å². The van der Waals surface area contributed by atoms with E-state index >= 15 is 0 Å². The Morgan fingerprint density at radius 3 is 2.74 bits per heavy atom. The maximum Gasteiger partial charge on any atom is 0.243 e. The van der Waals surface area contributed by atoms with Crippen LogP contribution in [0.4, 0.5) is 5.69 Å². The second-order valence-electron chi connectivity index (χ2n) is 7.60. The molecule has 2 aliphatic heterocycles. The Morgan fingerprint density at radius 2 is 2.00 bits per heavy atom. The molecule has 0 radical (unpaired) electrons. The maximum absolute atomic E-state index is 13.7. The van der Waals surface area contributed by atoms with Gasteiger partial charge in [-0.25, -0.2) is 0 Å². The zero-order valence-corrected chi connectivity index (χ0v) is 15.8. The SMILES string of the molecule is CCOc1ccc2c(c1)OC(C)(C)CC21C(=O)N(CC#N)c2ccccc21. The highest BCUT2D eigenvalue weighted by Crippen LogP contribution is 2.56. The van der Waals surface area contributed by atoms with E-state index in [1.807, 2.05) is 63.2 Å². The van der Waals surface area contributed by atoms with E-state index in [1.165, 1.54) is 0 Å². The molecule has 0 aliphatic carbocycles. The molecule has 27 heavy (non-hydrogen) atoms. The van der Waals surface area contributed by atoms with Gasteiger partial charge in [-0.1, -0.05) is 24.3 Å². The van der Waals surface area contributed by atoms with Gasteiger partial charge in [0.15, 0.2) is 0 Å². The molecule has 2 aliphatic rings. The lowest BCUT2D eigenvalue weighted by Crippen LogP contribution is -2.50. The third-order valence-electron chi connectivity index (χ3n) is 5.29. The molecule has 4 rings (SSSR count). The minimum absolute atomic E-state index is 0.0330. The molecule has 0 bridgehead atoms. The van der Waals surface area contributed by atoms with Crippen LogP contribution in [-0.4, -0.2) is 24.7 Å². The molecule has 1 atom stereocenters. The first-order valence-corrected chi connectivity index (χ1v) is 9.18. The number of amides is 1. The Bertz CT molecular complexity index is 960. The summed E-state index contributed by atoms with van der Waals surface area (Å²) in [4.78, 5) is 15.3. The number of nitriles is 1. The van der Waals surface area contributed by atoms with Crippen LogP contribution >= 0.6 is 0 Å². The first kappa shape index (κ1) is 17.4. The van der Waals surface area contributed by atoms with E-state index in [4.69, 9.17) is 9.47 Å². The molecule has 5 heteroatoms. The molecule has 1 spiro atoms. The summed E-state index contributed by atoms with van der Waals surface area (Å²) in [5.74, 6) is 1.32. The van der Waals surface area contributed by atoms with Gasteiger partial charge in [0.2, 0.25) is 5.91 Å². The monoisotopic (exact) mass is 362 g/mol. The van der Waals surface area contributed by atoms with Crippen LogP contribution < -0.4 is 14.4 Å². The Balaban J connectivity index is 1.98. The molecule has 0 fully saturated rings. The van der Waals surface area contributed by atoms with Gasteiger partial charge in [-0.05, 0) is 38.5 Å². The Labute approximate surface area is 159 Å². The third kappa shape index (κ3) is 2.48. The van der Waals surface area contributed by atoms with E-state index in [-0.39, 0.29) is 12.5 Å². The Morgan fingerprint density at radius 1 is 1.22 bits per heavy atom. The van der Waals surface area contributed by atoms with E-state index in [1.54, 1.807) is 4.90 Å². The molecule has 2 aromatic rings. The van der Waals surface area contributed by atoms with Crippen LogP contribution in [0.5, 0.6) is 11.5 Å². The van der Waals surface area contributed by atoms with Gasteiger partial charge in [0, 0.05) is 23.7 Å². The van der Waals surface area contributed by atoms with Gasteiger partial charge in [0.05, 0.1) is 12.7 Å². The van der Waals surface area contributed by atoms with Crippen molar-refractivity contribution in [3.8, 4) is 17.6 Å². The fourth-order valence-corrected chi connectivity index (χ4v) is 4.45. The minimum Gasteiger partial charge on any atom is -0.494 e. The van der Waals surface area contributed by atoms with Crippen molar-refractivity contribution in [1.82, 2.24) is 0 Å². The van der Waals surface area contributed by atoms with Crippen LogP contribution in [0.15, 0.2) is 42.5 Å². The topological polar surface area (TPSA) is 62.6 Å². The quantitative estimate of drug-likeness (QED) is 0.779. The first-order valence-electron chi connectivity index (χ1n) is 9.18.